The number of carbonyl (C=O) groups is 1. The summed E-state index contributed by atoms with van der Waals surface area (Å²) >= 11 is 0. The van der Waals surface area contributed by atoms with Gasteiger partial charge in [-0.15, -0.1) is 0 Å². The maximum atomic E-state index is 12.9. The second kappa shape index (κ2) is 8.37. The number of nitrogens with one attached hydrogen (secondary N) is 1. The summed E-state index contributed by atoms with van der Waals surface area (Å²) in [5, 5.41) is 11.4. The van der Waals surface area contributed by atoms with Crippen molar-refractivity contribution < 1.29 is 13.8 Å². The van der Waals surface area contributed by atoms with Crippen molar-refractivity contribution in [3.63, 3.8) is 0 Å². The summed E-state index contributed by atoms with van der Waals surface area (Å²) in [7, 11) is 0. The Balaban J connectivity index is 1.34. The number of hydrogen-bond donors (Lipinski definition) is 1. The van der Waals surface area contributed by atoms with Crippen molar-refractivity contribution in [1.29, 1.82) is 0 Å². The number of hydrogen-bond acceptors (Lipinski definition) is 8. The molecule has 0 spiro atoms. The molecule has 1 aliphatic heterocycles. The Hall–Kier alpha value is -3.23. The maximum Gasteiger partial charge on any atom is 0.292 e. The van der Waals surface area contributed by atoms with E-state index < -0.39 is 0 Å². The quantitative estimate of drug-likeness (QED) is 0.614. The summed E-state index contributed by atoms with van der Waals surface area (Å²) in [4.78, 5) is 24.1. The molecular formula is C23H28N6O3. The molecule has 1 amide bonds. The second-order valence-electron chi connectivity index (χ2n) is 9.08. The lowest BCUT2D eigenvalue weighted by Gasteiger charge is -2.31. The highest BCUT2D eigenvalue weighted by Gasteiger charge is 2.31. The second-order valence-corrected chi connectivity index (χ2v) is 9.08. The molecular weight excluding hydrogens is 408 g/mol. The lowest BCUT2D eigenvalue weighted by molar-refractivity contribution is 0.0670. The van der Waals surface area contributed by atoms with E-state index in [2.05, 4.69) is 20.6 Å². The van der Waals surface area contributed by atoms with Crippen LogP contribution in [0, 0.1) is 6.92 Å². The van der Waals surface area contributed by atoms with Gasteiger partial charge in [-0.25, -0.2) is 9.97 Å². The largest absolute Gasteiger partial charge is 0.356 e. The third kappa shape index (κ3) is 4.24. The molecule has 3 aromatic rings. The number of carbonyl (C=O) groups excluding carboxylic acids is 1. The van der Waals surface area contributed by atoms with E-state index >= 15 is 0 Å². The molecule has 32 heavy (non-hydrogen) atoms. The molecule has 3 aromatic heterocycles. The first kappa shape index (κ1) is 20.7. The lowest BCUT2D eigenvalue weighted by atomic mass is 9.90. The lowest BCUT2D eigenvalue weighted by Crippen LogP contribution is -2.38. The van der Waals surface area contributed by atoms with Crippen molar-refractivity contribution in [2.45, 2.75) is 64.3 Å². The van der Waals surface area contributed by atoms with Crippen LogP contribution in [0.5, 0.6) is 0 Å². The zero-order valence-corrected chi connectivity index (χ0v) is 18.7. The standard InChI is InChI=1S/C23H28N6O3/c1-13(2)18-11-20(32-28-18)22(30)29-8-6-15(7-9-29)21-17(19-10-14(3)27-31-19)12-24-23(26-21)25-16-4-5-16/h10-13,15-16H,4-9H2,1-3H3,(H,24,25,26). The summed E-state index contributed by atoms with van der Waals surface area (Å²) in [5.41, 5.74) is 3.44. The van der Waals surface area contributed by atoms with Crippen LogP contribution in [0.15, 0.2) is 27.4 Å². The third-order valence-corrected chi connectivity index (χ3v) is 6.12. The fourth-order valence-electron chi connectivity index (χ4n) is 4.04. The highest BCUT2D eigenvalue weighted by atomic mass is 16.5. The van der Waals surface area contributed by atoms with Gasteiger partial charge in [-0.05, 0) is 38.5 Å². The summed E-state index contributed by atoms with van der Waals surface area (Å²) < 4.78 is 10.8. The van der Waals surface area contributed by atoms with Crippen LogP contribution in [0.2, 0.25) is 0 Å². The van der Waals surface area contributed by atoms with Gasteiger partial charge in [0.05, 0.1) is 22.6 Å². The van der Waals surface area contributed by atoms with Crippen molar-refractivity contribution in [3.05, 3.63) is 41.2 Å². The van der Waals surface area contributed by atoms with E-state index in [1.807, 2.05) is 37.9 Å². The highest BCUT2D eigenvalue weighted by molar-refractivity contribution is 5.91. The minimum atomic E-state index is -0.104. The average molecular weight is 437 g/mol. The Bertz CT molecular complexity index is 1110. The molecule has 5 rings (SSSR count). The number of anilines is 1. The minimum absolute atomic E-state index is 0.104. The molecule has 1 saturated carbocycles. The van der Waals surface area contributed by atoms with E-state index in [1.54, 1.807) is 6.07 Å². The van der Waals surface area contributed by atoms with Gasteiger partial charge in [0, 0.05) is 43.4 Å². The topological polar surface area (TPSA) is 110 Å². The maximum absolute atomic E-state index is 12.9. The first-order valence-electron chi connectivity index (χ1n) is 11.3. The van der Waals surface area contributed by atoms with Gasteiger partial charge in [-0.3, -0.25) is 4.79 Å². The van der Waals surface area contributed by atoms with Crippen LogP contribution in [0.25, 0.3) is 11.3 Å². The van der Waals surface area contributed by atoms with Gasteiger partial charge in [0.2, 0.25) is 11.7 Å². The summed E-state index contributed by atoms with van der Waals surface area (Å²) in [6, 6.07) is 4.13. The first-order chi connectivity index (χ1) is 15.5. The highest BCUT2D eigenvalue weighted by Crippen LogP contribution is 2.35. The molecule has 1 N–H and O–H groups in total. The van der Waals surface area contributed by atoms with E-state index in [4.69, 9.17) is 14.0 Å². The number of piperidine rings is 1. The Labute approximate surface area is 186 Å². The van der Waals surface area contributed by atoms with Gasteiger partial charge in [-0.1, -0.05) is 24.2 Å². The molecule has 0 unspecified atom stereocenters. The van der Waals surface area contributed by atoms with Crippen LogP contribution >= 0.6 is 0 Å². The monoisotopic (exact) mass is 436 g/mol. The van der Waals surface area contributed by atoms with Gasteiger partial charge < -0.3 is 19.3 Å². The molecule has 1 aliphatic carbocycles. The number of aromatic nitrogens is 4. The van der Waals surface area contributed by atoms with E-state index in [0.717, 1.165) is 48.3 Å². The number of amides is 1. The molecule has 1 saturated heterocycles. The van der Waals surface area contributed by atoms with Crippen molar-refractivity contribution in [2.24, 2.45) is 0 Å². The van der Waals surface area contributed by atoms with Gasteiger partial charge >= 0.3 is 0 Å². The molecule has 0 atom stereocenters. The summed E-state index contributed by atoms with van der Waals surface area (Å²) in [6.45, 7) is 7.21. The Morgan fingerprint density at radius 1 is 1.12 bits per heavy atom. The SMILES string of the molecule is Cc1cc(-c2cnc(NC3CC3)nc2C2CCN(C(=O)c3cc(C(C)C)no3)CC2)on1. The first-order valence-corrected chi connectivity index (χ1v) is 11.3. The third-order valence-electron chi connectivity index (χ3n) is 6.12. The van der Waals surface area contributed by atoms with Gasteiger partial charge in [-0.2, -0.15) is 0 Å². The molecule has 0 bridgehead atoms. The molecule has 4 heterocycles. The zero-order valence-electron chi connectivity index (χ0n) is 18.7. The van der Waals surface area contributed by atoms with Crippen LogP contribution < -0.4 is 5.32 Å². The van der Waals surface area contributed by atoms with Crippen molar-refractivity contribution in [2.75, 3.05) is 18.4 Å². The smallest absolute Gasteiger partial charge is 0.292 e. The normalized spacial score (nSPS) is 17.2. The zero-order chi connectivity index (χ0) is 22.2. The predicted octanol–water partition coefficient (Wildman–Crippen LogP) is 4.15. The van der Waals surface area contributed by atoms with Gasteiger partial charge in [0.1, 0.15) is 0 Å². The summed E-state index contributed by atoms with van der Waals surface area (Å²) in [6.07, 6.45) is 5.74. The minimum Gasteiger partial charge on any atom is -0.356 e. The van der Waals surface area contributed by atoms with Crippen molar-refractivity contribution in [3.8, 4) is 11.3 Å². The van der Waals surface area contributed by atoms with E-state index in [0.29, 0.717) is 36.6 Å². The Morgan fingerprint density at radius 2 is 1.91 bits per heavy atom. The van der Waals surface area contributed by atoms with Crippen molar-refractivity contribution >= 4 is 11.9 Å². The van der Waals surface area contributed by atoms with E-state index in [9.17, 15) is 4.79 Å². The molecule has 2 aliphatic rings. The predicted molar refractivity (Wildman–Crippen MR) is 117 cm³/mol. The van der Waals surface area contributed by atoms with Gasteiger partial charge in [0.25, 0.3) is 5.91 Å². The van der Waals surface area contributed by atoms with Crippen LogP contribution in [0.3, 0.4) is 0 Å². The molecule has 2 fully saturated rings. The summed E-state index contributed by atoms with van der Waals surface area (Å²) in [5.74, 6) is 1.96. The van der Waals surface area contributed by atoms with Crippen LogP contribution in [0.4, 0.5) is 5.95 Å². The Morgan fingerprint density at radius 3 is 2.53 bits per heavy atom. The average Bonchev–Trinajstić information content (AvgIpc) is 3.28. The van der Waals surface area contributed by atoms with Crippen LogP contribution in [-0.2, 0) is 0 Å². The Kier molecular flexibility index (Phi) is 5.40. The molecule has 0 radical (unpaired) electrons. The number of aryl methyl sites for hydroxylation is 1. The van der Waals surface area contributed by atoms with E-state index in [1.165, 1.54) is 0 Å². The fraction of sp³-hybridized carbons (Fsp3) is 0.522. The number of likely N-dealkylation sites (tertiary alicyclic amines) is 1. The van der Waals surface area contributed by atoms with Crippen LogP contribution in [0.1, 0.15) is 79.0 Å². The number of nitrogens with zero attached hydrogens (tertiary/aromatic N) is 5. The fourth-order valence-corrected chi connectivity index (χ4v) is 4.04. The van der Waals surface area contributed by atoms with Crippen molar-refractivity contribution in [1.82, 2.24) is 25.2 Å². The van der Waals surface area contributed by atoms with E-state index in [-0.39, 0.29) is 17.7 Å². The van der Waals surface area contributed by atoms with Gasteiger partial charge in [0.15, 0.2) is 5.76 Å². The van der Waals surface area contributed by atoms with Crippen LogP contribution in [-0.4, -0.2) is 50.2 Å². The molecule has 9 heteroatoms. The molecule has 9 nitrogen and oxygen atoms in total. The molecule has 0 aromatic carbocycles. The number of rotatable bonds is 6. The molecule has 168 valence electrons.